The Kier molecular flexibility index (Phi) is 3.17. The number of hydrogen-bond donors (Lipinski definition) is 1. The number of carbonyl (C=O) groups is 1. The van der Waals surface area contributed by atoms with Crippen molar-refractivity contribution in [2.75, 3.05) is 7.11 Å². The van der Waals surface area contributed by atoms with E-state index in [0.29, 0.717) is 24.3 Å². The van der Waals surface area contributed by atoms with Crippen LogP contribution in [0.25, 0.3) is 0 Å². The number of carboxylic acids is 1. The Hall–Kier alpha value is -1.78. The summed E-state index contributed by atoms with van der Waals surface area (Å²) in [7, 11) is 1.44. The van der Waals surface area contributed by atoms with E-state index < -0.39 is 12.1 Å². The smallest absolute Gasteiger partial charge is 0.335 e. The molecule has 1 saturated carbocycles. The highest BCUT2D eigenvalue weighted by atomic mass is 19.1. The summed E-state index contributed by atoms with van der Waals surface area (Å²) in [5.74, 6) is -0.219. The lowest BCUT2D eigenvalue weighted by molar-refractivity contribution is 0.0391. The maximum absolute atomic E-state index is 12.6. The van der Waals surface area contributed by atoms with Crippen molar-refractivity contribution >= 4 is 5.97 Å². The third kappa shape index (κ3) is 2.49. The average molecular weight is 240 g/mol. The summed E-state index contributed by atoms with van der Waals surface area (Å²) >= 11 is 0. The molecular weight excluding hydrogens is 227 g/mol. The second-order valence-electron chi connectivity index (χ2n) is 3.98. The molecule has 1 aromatic rings. The Morgan fingerprint density at radius 3 is 2.65 bits per heavy atom. The molecular formula is C12H13FO4. The van der Waals surface area contributed by atoms with Crippen molar-refractivity contribution in [1.82, 2.24) is 0 Å². The molecule has 0 radical (unpaired) electrons. The lowest BCUT2D eigenvalue weighted by Crippen LogP contribution is -2.35. The highest BCUT2D eigenvalue weighted by Crippen LogP contribution is 2.34. The number of rotatable bonds is 4. The summed E-state index contributed by atoms with van der Waals surface area (Å²) in [6, 6.07) is 4.36. The van der Waals surface area contributed by atoms with Crippen LogP contribution in [0, 0.1) is 0 Å². The molecule has 0 saturated heterocycles. The Bertz CT molecular complexity index is 427. The molecule has 0 aromatic heterocycles. The third-order valence-corrected chi connectivity index (χ3v) is 2.74. The van der Waals surface area contributed by atoms with Crippen molar-refractivity contribution in [2.45, 2.75) is 25.1 Å². The fourth-order valence-electron chi connectivity index (χ4n) is 1.68. The van der Waals surface area contributed by atoms with Crippen LogP contribution in [-0.4, -0.2) is 30.5 Å². The molecule has 5 heteroatoms. The summed E-state index contributed by atoms with van der Waals surface area (Å²) in [6.45, 7) is 0. The van der Waals surface area contributed by atoms with E-state index in [1.54, 1.807) is 0 Å². The molecule has 0 spiro atoms. The molecule has 0 bridgehead atoms. The van der Waals surface area contributed by atoms with Gasteiger partial charge in [-0.2, -0.15) is 0 Å². The zero-order valence-electron chi connectivity index (χ0n) is 9.35. The molecule has 0 atom stereocenters. The van der Waals surface area contributed by atoms with E-state index in [1.807, 2.05) is 0 Å². The van der Waals surface area contributed by atoms with Crippen molar-refractivity contribution in [3.05, 3.63) is 23.8 Å². The van der Waals surface area contributed by atoms with Crippen LogP contribution in [0.1, 0.15) is 23.2 Å². The van der Waals surface area contributed by atoms with E-state index in [1.165, 1.54) is 25.3 Å². The van der Waals surface area contributed by atoms with Gasteiger partial charge in [0.05, 0.1) is 12.7 Å². The molecule has 92 valence electrons. The van der Waals surface area contributed by atoms with Crippen molar-refractivity contribution in [3.8, 4) is 11.5 Å². The van der Waals surface area contributed by atoms with E-state index in [9.17, 15) is 9.18 Å². The maximum Gasteiger partial charge on any atom is 0.335 e. The van der Waals surface area contributed by atoms with Crippen LogP contribution in [0.3, 0.4) is 0 Å². The fraction of sp³-hybridized carbons (Fsp3) is 0.417. The van der Waals surface area contributed by atoms with Gasteiger partial charge in [-0.3, -0.25) is 0 Å². The van der Waals surface area contributed by atoms with Crippen LogP contribution in [0.4, 0.5) is 4.39 Å². The van der Waals surface area contributed by atoms with Gasteiger partial charge in [0.1, 0.15) is 12.3 Å². The van der Waals surface area contributed by atoms with Crippen molar-refractivity contribution < 1.29 is 23.8 Å². The number of aromatic carboxylic acids is 1. The van der Waals surface area contributed by atoms with Gasteiger partial charge < -0.3 is 14.6 Å². The number of hydrogen-bond acceptors (Lipinski definition) is 3. The lowest BCUT2D eigenvalue weighted by Gasteiger charge is -2.30. The second-order valence-corrected chi connectivity index (χ2v) is 3.98. The molecule has 0 unspecified atom stereocenters. The minimum atomic E-state index is -1.03. The van der Waals surface area contributed by atoms with E-state index in [4.69, 9.17) is 14.6 Å². The molecule has 17 heavy (non-hydrogen) atoms. The van der Waals surface area contributed by atoms with E-state index in [0.717, 1.165) is 0 Å². The second kappa shape index (κ2) is 4.61. The van der Waals surface area contributed by atoms with Gasteiger partial charge in [0.2, 0.25) is 0 Å². The van der Waals surface area contributed by atoms with Gasteiger partial charge in [-0.1, -0.05) is 0 Å². The molecule has 1 N–H and O–H groups in total. The third-order valence-electron chi connectivity index (χ3n) is 2.74. The van der Waals surface area contributed by atoms with Gasteiger partial charge >= 0.3 is 5.97 Å². The number of alkyl halides is 1. The summed E-state index contributed by atoms with van der Waals surface area (Å²) in [6.07, 6.45) is -0.174. The molecule has 0 amide bonds. The highest BCUT2D eigenvalue weighted by molar-refractivity contribution is 5.88. The van der Waals surface area contributed by atoms with E-state index >= 15 is 0 Å². The Morgan fingerprint density at radius 1 is 1.41 bits per heavy atom. The summed E-state index contributed by atoms with van der Waals surface area (Å²) in [4.78, 5) is 10.8. The van der Waals surface area contributed by atoms with Crippen LogP contribution in [-0.2, 0) is 0 Å². The first kappa shape index (κ1) is 11.7. The minimum absolute atomic E-state index is 0.131. The monoisotopic (exact) mass is 240 g/mol. The summed E-state index contributed by atoms with van der Waals surface area (Å²) in [5, 5.41) is 8.82. The number of halogens is 1. The largest absolute Gasteiger partial charge is 0.493 e. The molecule has 1 aromatic carbocycles. The quantitative estimate of drug-likeness (QED) is 0.877. The van der Waals surface area contributed by atoms with Gasteiger partial charge in [-0.25, -0.2) is 9.18 Å². The van der Waals surface area contributed by atoms with Gasteiger partial charge in [-0.15, -0.1) is 0 Å². The van der Waals surface area contributed by atoms with Gasteiger partial charge in [0, 0.05) is 12.8 Å². The van der Waals surface area contributed by atoms with Crippen molar-refractivity contribution in [2.24, 2.45) is 0 Å². The Labute approximate surface area is 98.0 Å². The first-order valence-corrected chi connectivity index (χ1v) is 5.32. The van der Waals surface area contributed by atoms with Crippen molar-refractivity contribution in [3.63, 3.8) is 0 Å². The van der Waals surface area contributed by atoms with E-state index in [-0.39, 0.29) is 11.7 Å². The molecule has 4 nitrogen and oxygen atoms in total. The zero-order chi connectivity index (χ0) is 12.4. The number of carboxylic acid groups (broad SMARTS) is 1. The topological polar surface area (TPSA) is 55.8 Å². The molecule has 0 heterocycles. The van der Waals surface area contributed by atoms with E-state index in [2.05, 4.69) is 0 Å². The Balaban J connectivity index is 2.13. The maximum atomic E-state index is 12.6. The number of benzene rings is 1. The first-order valence-electron chi connectivity index (χ1n) is 5.32. The average Bonchev–Trinajstić information content (AvgIpc) is 2.27. The van der Waals surface area contributed by atoms with Crippen LogP contribution in [0.5, 0.6) is 11.5 Å². The molecule has 1 aliphatic carbocycles. The highest BCUT2D eigenvalue weighted by Gasteiger charge is 2.31. The summed E-state index contributed by atoms with van der Waals surface area (Å²) in [5.41, 5.74) is 0.131. The SMILES string of the molecule is COc1cc(C(=O)O)ccc1OC1CC(F)C1. The molecule has 0 aliphatic heterocycles. The van der Waals surface area contributed by atoms with Gasteiger partial charge in [-0.05, 0) is 18.2 Å². The predicted molar refractivity (Wildman–Crippen MR) is 58.5 cm³/mol. The molecule has 1 fully saturated rings. The minimum Gasteiger partial charge on any atom is -0.493 e. The normalized spacial score (nSPS) is 22.7. The fourth-order valence-corrected chi connectivity index (χ4v) is 1.68. The number of methoxy groups -OCH3 is 1. The Morgan fingerprint density at radius 2 is 2.12 bits per heavy atom. The predicted octanol–water partition coefficient (Wildman–Crippen LogP) is 2.27. The lowest BCUT2D eigenvalue weighted by atomic mass is 9.93. The standard InChI is InChI=1S/C12H13FO4/c1-16-11-4-7(12(14)15)2-3-10(11)17-9-5-8(13)6-9/h2-4,8-9H,5-6H2,1H3,(H,14,15). The van der Waals surface area contributed by atoms with Crippen LogP contribution in [0.2, 0.25) is 0 Å². The van der Waals surface area contributed by atoms with Gasteiger partial charge in [0.15, 0.2) is 11.5 Å². The van der Waals surface area contributed by atoms with Crippen LogP contribution in [0.15, 0.2) is 18.2 Å². The molecule has 2 rings (SSSR count). The van der Waals surface area contributed by atoms with Crippen LogP contribution >= 0.6 is 0 Å². The summed E-state index contributed by atoms with van der Waals surface area (Å²) < 4.78 is 23.2. The zero-order valence-corrected chi connectivity index (χ0v) is 9.35. The van der Waals surface area contributed by atoms with Crippen LogP contribution < -0.4 is 9.47 Å². The van der Waals surface area contributed by atoms with Crippen molar-refractivity contribution in [1.29, 1.82) is 0 Å². The first-order chi connectivity index (χ1) is 8.10. The molecule has 1 aliphatic rings. The number of ether oxygens (including phenoxy) is 2. The van der Waals surface area contributed by atoms with Gasteiger partial charge in [0.25, 0.3) is 0 Å².